The van der Waals surface area contributed by atoms with Crippen molar-refractivity contribution in [3.05, 3.63) is 29.3 Å². The number of hydrogen-bond donors (Lipinski definition) is 1. The van der Waals surface area contributed by atoms with E-state index in [0.29, 0.717) is 33.0 Å². The Morgan fingerprint density at radius 2 is 1.81 bits per heavy atom. The zero-order chi connectivity index (χ0) is 15.3. The highest BCUT2D eigenvalue weighted by Crippen LogP contribution is 2.20. The predicted molar refractivity (Wildman–Crippen MR) is 79.3 cm³/mol. The van der Waals surface area contributed by atoms with Crippen molar-refractivity contribution in [3.8, 4) is 17.6 Å². The topological polar surface area (TPSA) is 57.2 Å². The smallest absolute Gasteiger partial charge is 0.124 e. The lowest BCUT2D eigenvalue weighted by molar-refractivity contribution is 0.0196. The molecule has 1 rings (SSSR count). The number of methoxy groups -OCH3 is 2. The van der Waals surface area contributed by atoms with Gasteiger partial charge in [-0.2, -0.15) is 0 Å². The van der Waals surface area contributed by atoms with Crippen LogP contribution in [-0.4, -0.2) is 52.4 Å². The molecular weight excluding hydrogens is 272 g/mol. The molecule has 5 heteroatoms. The Morgan fingerprint density at radius 1 is 1.05 bits per heavy atom. The normalized spacial score (nSPS) is 10.0. The van der Waals surface area contributed by atoms with Crippen LogP contribution in [0.5, 0.6) is 5.75 Å². The van der Waals surface area contributed by atoms with E-state index >= 15 is 0 Å². The van der Waals surface area contributed by atoms with E-state index in [1.165, 1.54) is 0 Å². The summed E-state index contributed by atoms with van der Waals surface area (Å²) in [7, 11) is 3.25. The minimum absolute atomic E-state index is 0.156. The molecule has 5 nitrogen and oxygen atoms in total. The second-order valence-electron chi connectivity index (χ2n) is 4.14. The SMILES string of the molecule is COCCOCCOCc1cc(C#CCO)ccc1OC. The molecule has 0 spiro atoms. The van der Waals surface area contributed by atoms with Crippen LogP contribution in [0.4, 0.5) is 0 Å². The second kappa shape index (κ2) is 11.1. The molecule has 0 bridgehead atoms. The molecule has 0 saturated carbocycles. The number of benzene rings is 1. The Bertz CT molecular complexity index is 461. The number of hydrogen-bond acceptors (Lipinski definition) is 5. The highest BCUT2D eigenvalue weighted by Gasteiger charge is 2.04. The van der Waals surface area contributed by atoms with E-state index in [-0.39, 0.29) is 6.61 Å². The van der Waals surface area contributed by atoms with Gasteiger partial charge in [0.15, 0.2) is 0 Å². The third kappa shape index (κ3) is 7.11. The van der Waals surface area contributed by atoms with E-state index in [9.17, 15) is 0 Å². The first-order valence-corrected chi connectivity index (χ1v) is 6.73. The molecule has 1 aromatic rings. The minimum Gasteiger partial charge on any atom is -0.496 e. The molecule has 0 saturated heterocycles. The van der Waals surface area contributed by atoms with Crippen LogP contribution in [0.3, 0.4) is 0 Å². The van der Waals surface area contributed by atoms with Crippen LogP contribution in [0.15, 0.2) is 18.2 Å². The second-order valence-corrected chi connectivity index (χ2v) is 4.14. The van der Waals surface area contributed by atoms with Crippen LogP contribution >= 0.6 is 0 Å². The molecule has 0 aliphatic heterocycles. The summed E-state index contributed by atoms with van der Waals surface area (Å²) < 4.78 is 21.0. The molecule has 0 aromatic heterocycles. The Morgan fingerprint density at radius 3 is 2.52 bits per heavy atom. The van der Waals surface area contributed by atoms with E-state index in [1.807, 2.05) is 18.2 Å². The fourth-order valence-electron chi connectivity index (χ4n) is 1.66. The predicted octanol–water partition coefficient (Wildman–Crippen LogP) is 1.22. The maximum absolute atomic E-state index is 8.71. The zero-order valence-corrected chi connectivity index (χ0v) is 12.6. The van der Waals surface area contributed by atoms with Crippen LogP contribution in [0, 0.1) is 11.8 Å². The monoisotopic (exact) mass is 294 g/mol. The number of aliphatic hydroxyl groups excluding tert-OH is 1. The van der Waals surface area contributed by atoms with Crippen LogP contribution < -0.4 is 4.74 Å². The van der Waals surface area contributed by atoms with Crippen LogP contribution in [-0.2, 0) is 20.8 Å². The Kier molecular flexibility index (Phi) is 9.25. The van der Waals surface area contributed by atoms with E-state index in [2.05, 4.69) is 11.8 Å². The van der Waals surface area contributed by atoms with Gasteiger partial charge in [-0.25, -0.2) is 0 Å². The molecule has 1 N–H and O–H groups in total. The molecule has 0 radical (unpaired) electrons. The van der Waals surface area contributed by atoms with Gasteiger partial charge in [0.2, 0.25) is 0 Å². The van der Waals surface area contributed by atoms with Crippen LogP contribution in [0.1, 0.15) is 11.1 Å². The molecule has 0 unspecified atom stereocenters. The quantitative estimate of drug-likeness (QED) is 0.548. The van der Waals surface area contributed by atoms with Crippen LogP contribution in [0.2, 0.25) is 0 Å². The summed E-state index contributed by atoms with van der Waals surface area (Å²) in [5.41, 5.74) is 1.74. The van der Waals surface area contributed by atoms with Gasteiger partial charge in [0.1, 0.15) is 12.4 Å². The molecule has 0 fully saturated rings. The minimum atomic E-state index is -0.156. The van der Waals surface area contributed by atoms with Crippen molar-refractivity contribution in [2.45, 2.75) is 6.61 Å². The van der Waals surface area contributed by atoms with Crippen molar-refractivity contribution in [1.82, 2.24) is 0 Å². The molecule has 21 heavy (non-hydrogen) atoms. The molecule has 0 atom stereocenters. The average Bonchev–Trinajstić information content (AvgIpc) is 2.52. The Balaban J connectivity index is 2.44. The lowest BCUT2D eigenvalue weighted by atomic mass is 10.1. The van der Waals surface area contributed by atoms with Crippen molar-refractivity contribution in [1.29, 1.82) is 0 Å². The molecule has 116 valence electrons. The van der Waals surface area contributed by atoms with Gasteiger partial charge in [0.25, 0.3) is 0 Å². The third-order valence-corrected chi connectivity index (χ3v) is 2.65. The fourth-order valence-corrected chi connectivity index (χ4v) is 1.66. The van der Waals surface area contributed by atoms with Crippen molar-refractivity contribution in [2.24, 2.45) is 0 Å². The fraction of sp³-hybridized carbons (Fsp3) is 0.500. The summed E-state index contributed by atoms with van der Waals surface area (Å²) in [6.07, 6.45) is 0. The largest absolute Gasteiger partial charge is 0.496 e. The molecule has 1 aromatic carbocycles. The summed E-state index contributed by atoms with van der Waals surface area (Å²) in [6, 6.07) is 5.58. The van der Waals surface area contributed by atoms with Gasteiger partial charge in [-0.05, 0) is 18.2 Å². The summed E-state index contributed by atoms with van der Waals surface area (Å²) in [5, 5.41) is 8.71. The van der Waals surface area contributed by atoms with Gasteiger partial charge in [0, 0.05) is 18.2 Å². The first-order chi connectivity index (χ1) is 10.3. The standard InChI is InChI=1S/C16H22O5/c1-18-8-9-20-10-11-21-13-15-12-14(4-3-7-17)5-6-16(15)19-2/h5-6,12,17H,7-11,13H2,1-2H3. The highest BCUT2D eigenvalue weighted by molar-refractivity contribution is 5.44. The maximum atomic E-state index is 8.71. The van der Waals surface area contributed by atoms with Gasteiger partial charge in [0.05, 0.1) is 40.1 Å². The van der Waals surface area contributed by atoms with E-state index in [0.717, 1.165) is 16.9 Å². The van der Waals surface area contributed by atoms with Crippen molar-refractivity contribution < 1.29 is 24.1 Å². The van der Waals surface area contributed by atoms with E-state index in [4.69, 9.17) is 24.1 Å². The summed E-state index contributed by atoms with van der Waals surface area (Å²) >= 11 is 0. The lowest BCUT2D eigenvalue weighted by Gasteiger charge is -2.10. The van der Waals surface area contributed by atoms with Crippen molar-refractivity contribution >= 4 is 0 Å². The summed E-state index contributed by atoms with van der Waals surface area (Å²) in [5.74, 6) is 6.23. The van der Waals surface area contributed by atoms with Crippen LogP contribution in [0.25, 0.3) is 0 Å². The Hall–Kier alpha value is -1.58. The van der Waals surface area contributed by atoms with Gasteiger partial charge in [-0.1, -0.05) is 11.8 Å². The number of ether oxygens (including phenoxy) is 4. The maximum Gasteiger partial charge on any atom is 0.124 e. The molecule has 0 heterocycles. The molecular formula is C16H22O5. The average molecular weight is 294 g/mol. The van der Waals surface area contributed by atoms with Gasteiger partial charge in [-0.15, -0.1) is 0 Å². The zero-order valence-electron chi connectivity index (χ0n) is 12.6. The van der Waals surface area contributed by atoms with Crippen molar-refractivity contribution in [2.75, 3.05) is 47.3 Å². The van der Waals surface area contributed by atoms with Gasteiger partial charge < -0.3 is 24.1 Å². The van der Waals surface area contributed by atoms with E-state index in [1.54, 1.807) is 14.2 Å². The van der Waals surface area contributed by atoms with Gasteiger partial charge >= 0.3 is 0 Å². The number of rotatable bonds is 9. The Labute approximate surface area is 125 Å². The summed E-state index contributed by atoms with van der Waals surface area (Å²) in [6.45, 7) is 2.44. The third-order valence-electron chi connectivity index (χ3n) is 2.65. The molecule has 0 amide bonds. The van der Waals surface area contributed by atoms with E-state index < -0.39 is 0 Å². The van der Waals surface area contributed by atoms with Gasteiger partial charge in [-0.3, -0.25) is 0 Å². The molecule has 0 aliphatic rings. The summed E-state index contributed by atoms with van der Waals surface area (Å²) in [4.78, 5) is 0. The van der Waals surface area contributed by atoms with Crippen molar-refractivity contribution in [3.63, 3.8) is 0 Å². The lowest BCUT2D eigenvalue weighted by Crippen LogP contribution is -2.08. The number of aliphatic hydroxyl groups is 1. The highest BCUT2D eigenvalue weighted by atomic mass is 16.5. The first-order valence-electron chi connectivity index (χ1n) is 6.73. The molecule has 0 aliphatic carbocycles. The first kappa shape index (κ1) is 17.5.